The average Bonchev–Trinajstić information content (AvgIpc) is 1.68. The van der Waals surface area contributed by atoms with Crippen LogP contribution in [0.4, 0.5) is 0 Å². The van der Waals surface area contributed by atoms with Crippen molar-refractivity contribution in [3.63, 3.8) is 0 Å². The fourth-order valence-corrected chi connectivity index (χ4v) is 0.212. The first-order valence-corrected chi connectivity index (χ1v) is 2.01. The number of nitrogens with zero attached hydrogens (tertiary/aromatic N) is 1. The second-order valence-corrected chi connectivity index (χ2v) is 1.15. The lowest BCUT2D eigenvalue weighted by Gasteiger charge is -1.92. The molecule has 0 spiro atoms. The molecule has 7 heavy (non-hydrogen) atoms. The van der Waals surface area contributed by atoms with Crippen LogP contribution in [0.15, 0.2) is 4.99 Å². The first-order valence-electron chi connectivity index (χ1n) is 2.01. The van der Waals surface area contributed by atoms with Crippen molar-refractivity contribution in [1.29, 1.82) is 0 Å². The topological polar surface area (TPSA) is 47.6 Å². The molecular weight excluding hydrogens is 92.1 g/mol. The van der Waals surface area contributed by atoms with E-state index in [2.05, 4.69) is 9.73 Å². The van der Waals surface area contributed by atoms with Crippen LogP contribution in [0.5, 0.6) is 0 Å². The Bertz CT molecular complexity index is 70.1. The molecule has 42 valence electrons. The van der Waals surface area contributed by atoms with Crippen LogP contribution in [0.2, 0.25) is 0 Å². The number of aliphatic imine (C=N–C) groups is 1. The largest absolute Gasteiger partial charge is 0.386 e. The van der Waals surface area contributed by atoms with Crippen LogP contribution in [-0.4, -0.2) is 26.6 Å². The molecule has 0 radical (unpaired) electrons. The fraction of sp³-hybridized carbons (Fsp3) is 0.750. The summed E-state index contributed by atoms with van der Waals surface area (Å²) in [6, 6.07) is 0. The molecule has 3 heteroatoms. The van der Waals surface area contributed by atoms with Gasteiger partial charge in [0, 0.05) is 14.2 Å². The third-order valence-corrected chi connectivity index (χ3v) is 0.579. The number of ether oxygens (including phenoxy) is 1. The van der Waals surface area contributed by atoms with Gasteiger partial charge >= 0.3 is 0 Å². The Balaban J connectivity index is 3.17. The van der Waals surface area contributed by atoms with Crippen LogP contribution in [0.1, 0.15) is 0 Å². The van der Waals surface area contributed by atoms with E-state index in [0.29, 0.717) is 12.4 Å². The quantitative estimate of drug-likeness (QED) is 0.381. The SMILES string of the molecule is CN=C(N)COC. The van der Waals surface area contributed by atoms with Gasteiger partial charge in [0.25, 0.3) is 0 Å². The van der Waals surface area contributed by atoms with Crippen LogP contribution in [0.3, 0.4) is 0 Å². The molecule has 0 aliphatic heterocycles. The maximum Gasteiger partial charge on any atom is 0.120 e. The Morgan fingerprint density at radius 1 is 1.86 bits per heavy atom. The molecular formula is C4H10N2O. The predicted molar refractivity (Wildman–Crippen MR) is 29.4 cm³/mol. The summed E-state index contributed by atoms with van der Waals surface area (Å²) in [5, 5.41) is 0. The molecule has 3 nitrogen and oxygen atoms in total. The molecule has 0 aromatic rings. The van der Waals surface area contributed by atoms with E-state index < -0.39 is 0 Å². The predicted octanol–water partition coefficient (Wildman–Crippen LogP) is -0.380. The number of nitrogens with two attached hydrogens (primary N) is 1. The molecule has 0 unspecified atom stereocenters. The van der Waals surface area contributed by atoms with Gasteiger partial charge in [-0.05, 0) is 0 Å². The van der Waals surface area contributed by atoms with Gasteiger partial charge in [-0.2, -0.15) is 0 Å². The Labute approximate surface area is 43.2 Å². The smallest absolute Gasteiger partial charge is 0.120 e. The fourth-order valence-electron chi connectivity index (χ4n) is 0.212. The van der Waals surface area contributed by atoms with E-state index in [4.69, 9.17) is 5.73 Å². The van der Waals surface area contributed by atoms with Crippen molar-refractivity contribution in [2.45, 2.75) is 0 Å². The van der Waals surface area contributed by atoms with Crippen LogP contribution in [-0.2, 0) is 4.74 Å². The molecule has 0 bridgehead atoms. The first kappa shape index (κ1) is 6.43. The third kappa shape index (κ3) is 3.26. The summed E-state index contributed by atoms with van der Waals surface area (Å²) in [6.07, 6.45) is 0. The number of methoxy groups -OCH3 is 1. The summed E-state index contributed by atoms with van der Waals surface area (Å²) >= 11 is 0. The van der Waals surface area contributed by atoms with Crippen LogP contribution >= 0.6 is 0 Å². The minimum atomic E-state index is 0.427. The molecule has 0 atom stereocenters. The maximum atomic E-state index is 5.21. The number of hydrogen-bond donors (Lipinski definition) is 1. The Kier molecular flexibility index (Phi) is 3.32. The molecule has 0 saturated heterocycles. The standard InChI is InChI=1S/C4H10N2O/c1-6-4(5)3-7-2/h3H2,1-2H3,(H2,5,6). The van der Waals surface area contributed by atoms with Crippen LogP contribution in [0.25, 0.3) is 0 Å². The molecule has 0 rings (SSSR count). The number of hydrogen-bond acceptors (Lipinski definition) is 2. The normalized spacial score (nSPS) is 12.0. The second-order valence-electron chi connectivity index (χ2n) is 1.15. The number of rotatable bonds is 2. The molecule has 0 aromatic heterocycles. The van der Waals surface area contributed by atoms with Crippen molar-refractivity contribution in [2.24, 2.45) is 10.7 Å². The van der Waals surface area contributed by atoms with E-state index in [1.54, 1.807) is 14.2 Å². The lowest BCUT2D eigenvalue weighted by Crippen LogP contribution is -2.17. The summed E-state index contributed by atoms with van der Waals surface area (Å²) in [6.45, 7) is 0.427. The highest BCUT2D eigenvalue weighted by atomic mass is 16.5. The monoisotopic (exact) mass is 102 g/mol. The highest BCUT2D eigenvalue weighted by molar-refractivity contribution is 5.81. The summed E-state index contributed by atoms with van der Waals surface area (Å²) in [5.74, 6) is 0.530. The highest BCUT2D eigenvalue weighted by Gasteiger charge is 1.82. The van der Waals surface area contributed by atoms with Gasteiger partial charge in [0.15, 0.2) is 0 Å². The first-order chi connectivity index (χ1) is 3.31. The van der Waals surface area contributed by atoms with Gasteiger partial charge in [-0.3, -0.25) is 4.99 Å². The van der Waals surface area contributed by atoms with Gasteiger partial charge < -0.3 is 10.5 Å². The summed E-state index contributed by atoms with van der Waals surface area (Å²) < 4.78 is 4.64. The van der Waals surface area contributed by atoms with E-state index in [0.717, 1.165) is 0 Å². The minimum absolute atomic E-state index is 0.427. The Hall–Kier alpha value is -0.570. The number of amidine groups is 1. The molecule has 0 fully saturated rings. The van der Waals surface area contributed by atoms with Crippen molar-refractivity contribution in [3.8, 4) is 0 Å². The van der Waals surface area contributed by atoms with Crippen LogP contribution < -0.4 is 5.73 Å². The van der Waals surface area contributed by atoms with Gasteiger partial charge in [-0.1, -0.05) is 0 Å². The molecule has 2 N–H and O–H groups in total. The van der Waals surface area contributed by atoms with E-state index in [1.807, 2.05) is 0 Å². The van der Waals surface area contributed by atoms with E-state index in [9.17, 15) is 0 Å². The average molecular weight is 102 g/mol. The van der Waals surface area contributed by atoms with E-state index in [1.165, 1.54) is 0 Å². The van der Waals surface area contributed by atoms with Crippen molar-refractivity contribution in [1.82, 2.24) is 0 Å². The summed E-state index contributed by atoms with van der Waals surface area (Å²) in [4.78, 5) is 3.65. The van der Waals surface area contributed by atoms with Crippen molar-refractivity contribution in [3.05, 3.63) is 0 Å². The molecule has 0 heterocycles. The van der Waals surface area contributed by atoms with Crippen molar-refractivity contribution < 1.29 is 4.74 Å². The van der Waals surface area contributed by atoms with Gasteiger partial charge in [-0.25, -0.2) is 0 Å². The molecule has 0 saturated carbocycles. The van der Waals surface area contributed by atoms with Crippen LogP contribution in [0, 0.1) is 0 Å². The Morgan fingerprint density at radius 2 is 2.43 bits per heavy atom. The lowest BCUT2D eigenvalue weighted by atomic mass is 10.6. The zero-order valence-corrected chi connectivity index (χ0v) is 4.64. The van der Waals surface area contributed by atoms with Crippen molar-refractivity contribution in [2.75, 3.05) is 20.8 Å². The van der Waals surface area contributed by atoms with Gasteiger partial charge in [0.1, 0.15) is 12.4 Å². The summed E-state index contributed by atoms with van der Waals surface area (Å²) in [5.41, 5.74) is 5.21. The highest BCUT2D eigenvalue weighted by Crippen LogP contribution is 1.65. The second kappa shape index (κ2) is 3.61. The van der Waals surface area contributed by atoms with Gasteiger partial charge in [-0.15, -0.1) is 0 Å². The van der Waals surface area contributed by atoms with Gasteiger partial charge in [0.2, 0.25) is 0 Å². The zero-order chi connectivity index (χ0) is 5.70. The summed E-state index contributed by atoms with van der Waals surface area (Å²) in [7, 11) is 3.21. The van der Waals surface area contributed by atoms with Gasteiger partial charge in [0.05, 0.1) is 0 Å². The maximum absolute atomic E-state index is 5.21. The molecule has 0 aliphatic carbocycles. The van der Waals surface area contributed by atoms with E-state index >= 15 is 0 Å². The molecule has 0 aliphatic rings. The lowest BCUT2D eigenvalue weighted by molar-refractivity contribution is 0.244. The van der Waals surface area contributed by atoms with Crippen molar-refractivity contribution >= 4 is 5.84 Å². The van der Waals surface area contributed by atoms with E-state index in [-0.39, 0.29) is 0 Å². The zero-order valence-electron chi connectivity index (χ0n) is 4.64. The minimum Gasteiger partial charge on any atom is -0.386 e. The molecule has 0 aromatic carbocycles. The molecule has 0 amide bonds. The Morgan fingerprint density at radius 3 is 2.57 bits per heavy atom. The third-order valence-electron chi connectivity index (χ3n) is 0.579.